The lowest BCUT2D eigenvalue weighted by atomic mass is 9.32. The lowest BCUT2D eigenvalue weighted by Gasteiger charge is -2.72. The number of carboxylic acid groups (broad SMARTS) is 1. The summed E-state index contributed by atoms with van der Waals surface area (Å²) in [7, 11) is 0. The minimum absolute atomic E-state index is 0.0228. The molecule has 6 rings (SSSR count). The van der Waals surface area contributed by atoms with E-state index in [-0.39, 0.29) is 45.6 Å². The summed E-state index contributed by atoms with van der Waals surface area (Å²) >= 11 is 0. The summed E-state index contributed by atoms with van der Waals surface area (Å²) in [5.41, 5.74) is -0.965. The molecule has 0 aliphatic heterocycles. The number of fused-ring (bicyclic) bond motifs is 7. The molecule has 5 aliphatic rings. The minimum Gasteiger partial charge on any atom is -0.481 e. The summed E-state index contributed by atoms with van der Waals surface area (Å²) in [4.78, 5) is 25.8. The van der Waals surface area contributed by atoms with Crippen LogP contribution in [0.25, 0.3) is 0 Å². The smallest absolute Gasteiger partial charge is 0.341 e. The Morgan fingerprint density at radius 3 is 2.27 bits per heavy atom. The summed E-state index contributed by atoms with van der Waals surface area (Å²) < 4.78 is 11.3. The van der Waals surface area contributed by atoms with Gasteiger partial charge in [0, 0.05) is 5.41 Å². The first-order valence-electron chi connectivity index (χ1n) is 16.2. The van der Waals surface area contributed by atoms with E-state index in [1.165, 1.54) is 12.5 Å². The summed E-state index contributed by atoms with van der Waals surface area (Å²) in [5.74, 6) is 0.417. The van der Waals surface area contributed by atoms with Crippen LogP contribution in [0.1, 0.15) is 123 Å². The van der Waals surface area contributed by atoms with Crippen molar-refractivity contribution in [3.63, 3.8) is 0 Å². The zero-order valence-electron chi connectivity index (χ0n) is 26.3. The maximum atomic E-state index is 12.9. The van der Waals surface area contributed by atoms with E-state index in [1.807, 2.05) is 13.8 Å². The Bertz CT molecular complexity index is 1200. The third kappa shape index (κ3) is 3.83. The maximum absolute atomic E-state index is 12.9. The molecule has 0 spiro atoms. The standard InChI is InChI=1S/C35H52O6/c1-30(2)24-11-15-34(7)25(32(24,5)14-12-26(30)41-28(36)21-13-19-40-20-21)9-8-23-27-22(31(3,4)39)10-16-35(27,29(37)38)18-17-33(23,34)6/h13,19-20,22-27,39H,8-12,14-18H2,1-7H3,(H,37,38)/t22-,23?,24?,25?,26+,27?,32+,33-,34-,35+/m1/s1. The van der Waals surface area contributed by atoms with Gasteiger partial charge in [-0.15, -0.1) is 0 Å². The number of carbonyl (C=O) groups excluding carboxylic acids is 1. The summed E-state index contributed by atoms with van der Waals surface area (Å²) in [6, 6.07) is 1.67. The highest BCUT2D eigenvalue weighted by atomic mass is 16.5. The minimum atomic E-state index is -0.877. The number of rotatable bonds is 4. The molecule has 4 unspecified atom stereocenters. The molecule has 41 heavy (non-hydrogen) atoms. The number of esters is 1. The van der Waals surface area contributed by atoms with E-state index in [1.54, 1.807) is 6.07 Å². The van der Waals surface area contributed by atoms with Gasteiger partial charge >= 0.3 is 11.9 Å². The fraction of sp³-hybridized carbons (Fsp3) is 0.829. The molecule has 228 valence electrons. The van der Waals surface area contributed by atoms with Crippen molar-refractivity contribution in [3.05, 3.63) is 24.2 Å². The Hall–Kier alpha value is -1.82. The number of carboxylic acids is 1. The first-order valence-corrected chi connectivity index (χ1v) is 16.2. The quantitative estimate of drug-likeness (QED) is 0.361. The zero-order chi connectivity index (χ0) is 29.8. The molecule has 1 aromatic rings. The van der Waals surface area contributed by atoms with Crippen molar-refractivity contribution in [2.75, 3.05) is 0 Å². The monoisotopic (exact) mass is 568 g/mol. The third-order valence-corrected chi connectivity index (χ3v) is 14.7. The molecule has 0 aromatic carbocycles. The number of aliphatic hydroxyl groups is 1. The van der Waals surface area contributed by atoms with Crippen LogP contribution in [0.2, 0.25) is 0 Å². The first kappa shape index (κ1) is 29.3. The molecule has 0 saturated heterocycles. The molecule has 1 heterocycles. The average molecular weight is 569 g/mol. The third-order valence-electron chi connectivity index (χ3n) is 14.7. The van der Waals surface area contributed by atoms with Gasteiger partial charge in [0.25, 0.3) is 0 Å². The Kier molecular flexibility index (Phi) is 6.49. The largest absolute Gasteiger partial charge is 0.481 e. The zero-order valence-corrected chi connectivity index (χ0v) is 26.3. The number of hydrogen-bond donors (Lipinski definition) is 2. The first-order chi connectivity index (χ1) is 19.0. The van der Waals surface area contributed by atoms with Crippen molar-refractivity contribution in [1.82, 2.24) is 0 Å². The Morgan fingerprint density at radius 1 is 0.902 bits per heavy atom. The van der Waals surface area contributed by atoms with Gasteiger partial charge in [0.15, 0.2) is 0 Å². The molecule has 2 N–H and O–H groups in total. The average Bonchev–Trinajstić information content (AvgIpc) is 3.55. The van der Waals surface area contributed by atoms with E-state index in [4.69, 9.17) is 9.15 Å². The molecular weight excluding hydrogens is 516 g/mol. The normalized spacial score (nSPS) is 46.9. The van der Waals surface area contributed by atoms with Gasteiger partial charge in [-0.2, -0.15) is 0 Å². The lowest BCUT2D eigenvalue weighted by molar-refractivity contribution is -0.252. The van der Waals surface area contributed by atoms with E-state index in [0.717, 1.165) is 57.8 Å². The molecule has 6 heteroatoms. The van der Waals surface area contributed by atoms with Crippen LogP contribution in [0.4, 0.5) is 0 Å². The highest BCUT2D eigenvalue weighted by molar-refractivity contribution is 5.89. The summed E-state index contributed by atoms with van der Waals surface area (Å²) in [5, 5.41) is 21.9. The van der Waals surface area contributed by atoms with Crippen LogP contribution < -0.4 is 0 Å². The Labute approximate surface area is 246 Å². The lowest BCUT2D eigenvalue weighted by Crippen LogP contribution is -2.67. The van der Waals surface area contributed by atoms with Crippen molar-refractivity contribution < 1.29 is 29.0 Å². The van der Waals surface area contributed by atoms with Crippen LogP contribution in [-0.2, 0) is 9.53 Å². The Morgan fingerprint density at radius 2 is 1.63 bits per heavy atom. The van der Waals surface area contributed by atoms with Crippen molar-refractivity contribution in [2.45, 2.75) is 124 Å². The van der Waals surface area contributed by atoms with Gasteiger partial charge in [0.05, 0.1) is 22.8 Å². The van der Waals surface area contributed by atoms with Crippen LogP contribution in [0.3, 0.4) is 0 Å². The number of aliphatic carboxylic acids is 1. The number of hydrogen-bond acceptors (Lipinski definition) is 5. The van der Waals surface area contributed by atoms with Crippen molar-refractivity contribution >= 4 is 11.9 Å². The SMILES string of the molecule is CC(C)(O)[C@@H]1CC[C@]2(C(=O)O)CC[C@]3(C)C(CCC4[C@@]5(C)CC[C@H](OC(=O)c6ccoc6)C(C)(C)C5CC[C@]43C)C12. The molecule has 5 saturated carbocycles. The highest BCUT2D eigenvalue weighted by Crippen LogP contribution is 2.77. The number of ether oxygens (including phenoxy) is 1. The van der Waals surface area contributed by atoms with E-state index >= 15 is 0 Å². The molecule has 5 aliphatic carbocycles. The molecular formula is C35H52O6. The Balaban J connectivity index is 1.31. The molecule has 6 nitrogen and oxygen atoms in total. The van der Waals surface area contributed by atoms with E-state index < -0.39 is 17.0 Å². The highest BCUT2D eigenvalue weighted by Gasteiger charge is 2.72. The van der Waals surface area contributed by atoms with Crippen LogP contribution >= 0.6 is 0 Å². The van der Waals surface area contributed by atoms with E-state index in [2.05, 4.69) is 34.6 Å². The fourth-order valence-corrected chi connectivity index (χ4v) is 12.5. The van der Waals surface area contributed by atoms with Gasteiger partial charge in [0.1, 0.15) is 12.4 Å². The molecule has 1 aromatic heterocycles. The van der Waals surface area contributed by atoms with Crippen LogP contribution in [0.5, 0.6) is 0 Å². The van der Waals surface area contributed by atoms with Gasteiger partial charge < -0.3 is 19.4 Å². The number of furan rings is 1. The van der Waals surface area contributed by atoms with Gasteiger partial charge in [-0.1, -0.05) is 34.6 Å². The summed E-state index contributed by atoms with van der Waals surface area (Å²) in [6.07, 6.45) is 12.3. The van der Waals surface area contributed by atoms with Crippen LogP contribution in [-0.4, -0.2) is 33.9 Å². The van der Waals surface area contributed by atoms with Crippen molar-refractivity contribution in [2.24, 2.45) is 56.7 Å². The van der Waals surface area contributed by atoms with Crippen LogP contribution in [0, 0.1) is 56.7 Å². The predicted molar refractivity (Wildman–Crippen MR) is 156 cm³/mol. The topological polar surface area (TPSA) is 97.0 Å². The fourth-order valence-electron chi connectivity index (χ4n) is 12.5. The van der Waals surface area contributed by atoms with Crippen molar-refractivity contribution in [1.29, 1.82) is 0 Å². The van der Waals surface area contributed by atoms with Gasteiger partial charge in [-0.3, -0.25) is 4.79 Å². The second-order valence-corrected chi connectivity index (χ2v) is 16.7. The number of carbonyl (C=O) groups is 2. The summed E-state index contributed by atoms with van der Waals surface area (Å²) in [6.45, 7) is 16.0. The second kappa shape index (κ2) is 9.09. The maximum Gasteiger partial charge on any atom is 0.341 e. The van der Waals surface area contributed by atoms with Gasteiger partial charge in [-0.05, 0) is 130 Å². The molecule has 10 atom stereocenters. The molecule has 0 radical (unpaired) electrons. The molecule has 5 fully saturated rings. The van der Waals surface area contributed by atoms with E-state index in [9.17, 15) is 19.8 Å². The van der Waals surface area contributed by atoms with Crippen molar-refractivity contribution in [3.8, 4) is 0 Å². The molecule has 0 amide bonds. The van der Waals surface area contributed by atoms with Crippen LogP contribution in [0.15, 0.2) is 23.0 Å². The van der Waals surface area contributed by atoms with E-state index in [0.29, 0.717) is 29.7 Å². The predicted octanol–water partition coefficient (Wildman–Crippen LogP) is 7.74. The van der Waals surface area contributed by atoms with Gasteiger partial charge in [-0.25, -0.2) is 4.79 Å². The van der Waals surface area contributed by atoms with Gasteiger partial charge in [0.2, 0.25) is 0 Å². The molecule has 0 bridgehead atoms. The second-order valence-electron chi connectivity index (χ2n) is 16.7.